The highest BCUT2D eigenvalue weighted by Crippen LogP contribution is 2.20. The minimum atomic E-state index is -0.0892. The quantitative estimate of drug-likeness (QED) is 0.674. The van der Waals surface area contributed by atoms with Crippen molar-refractivity contribution in [2.75, 3.05) is 5.32 Å². The van der Waals surface area contributed by atoms with E-state index in [9.17, 15) is 4.79 Å². The number of amides is 1. The van der Waals surface area contributed by atoms with Gasteiger partial charge in [0.15, 0.2) is 0 Å². The first kappa shape index (κ1) is 14.5. The Morgan fingerprint density at radius 1 is 1.16 bits per heavy atom. The predicted molar refractivity (Wildman–Crippen MR) is 90.7 cm³/mol. The van der Waals surface area contributed by atoms with Gasteiger partial charge in [-0.3, -0.25) is 4.79 Å². The molecule has 0 spiro atoms. The lowest BCUT2D eigenvalue weighted by Crippen LogP contribution is -2.13. The summed E-state index contributed by atoms with van der Waals surface area (Å²) < 4.78 is 2.07. The summed E-state index contributed by atoms with van der Waals surface area (Å²) in [5.41, 5.74) is 3.62. The number of hydrogen-bond acceptors (Lipinski definition) is 1. The van der Waals surface area contributed by atoms with Crippen molar-refractivity contribution in [2.24, 2.45) is 0 Å². The predicted octanol–water partition coefficient (Wildman–Crippen LogP) is 4.92. The van der Waals surface area contributed by atoms with Gasteiger partial charge in [-0.05, 0) is 84.0 Å². The lowest BCUT2D eigenvalue weighted by atomic mass is 10.1. The maximum atomic E-state index is 12.2. The third-order valence-electron chi connectivity index (χ3n) is 2.74. The number of aryl methyl sites for hydroxylation is 2. The van der Waals surface area contributed by atoms with Crippen LogP contribution in [0.15, 0.2) is 40.9 Å². The summed E-state index contributed by atoms with van der Waals surface area (Å²) in [5, 5.41) is 2.95. The number of rotatable bonds is 2. The number of nitrogens with one attached hydrogen (secondary N) is 1. The Bertz CT molecular complexity index is 620. The number of carbonyl (C=O) groups is 1. The summed E-state index contributed by atoms with van der Waals surface area (Å²) in [4.78, 5) is 12.2. The summed E-state index contributed by atoms with van der Waals surface area (Å²) in [6.45, 7) is 3.96. The van der Waals surface area contributed by atoms with Crippen molar-refractivity contribution in [2.45, 2.75) is 13.8 Å². The van der Waals surface area contributed by atoms with Gasteiger partial charge in [-0.1, -0.05) is 15.9 Å². The van der Waals surface area contributed by atoms with Crippen molar-refractivity contribution >= 4 is 50.1 Å². The molecule has 2 nitrogen and oxygen atoms in total. The number of benzene rings is 2. The molecular formula is C15H13BrINO. The first-order valence-electron chi connectivity index (χ1n) is 5.80. The molecule has 98 valence electrons. The Kier molecular flexibility index (Phi) is 4.62. The van der Waals surface area contributed by atoms with Gasteiger partial charge in [0.05, 0.1) is 0 Å². The smallest absolute Gasteiger partial charge is 0.255 e. The van der Waals surface area contributed by atoms with Gasteiger partial charge in [0.25, 0.3) is 5.91 Å². The van der Waals surface area contributed by atoms with Crippen molar-refractivity contribution in [1.29, 1.82) is 0 Å². The molecular weight excluding hydrogens is 417 g/mol. The van der Waals surface area contributed by atoms with E-state index < -0.39 is 0 Å². The van der Waals surface area contributed by atoms with E-state index in [4.69, 9.17) is 0 Å². The van der Waals surface area contributed by atoms with Crippen molar-refractivity contribution < 1.29 is 4.79 Å². The topological polar surface area (TPSA) is 29.1 Å². The molecule has 0 fully saturated rings. The van der Waals surface area contributed by atoms with E-state index in [2.05, 4.69) is 43.8 Å². The normalized spacial score (nSPS) is 10.3. The van der Waals surface area contributed by atoms with Gasteiger partial charge in [0, 0.05) is 19.3 Å². The van der Waals surface area contributed by atoms with Crippen LogP contribution in [0.2, 0.25) is 0 Å². The minimum Gasteiger partial charge on any atom is -0.322 e. The van der Waals surface area contributed by atoms with E-state index in [0.717, 1.165) is 24.9 Å². The van der Waals surface area contributed by atoms with Gasteiger partial charge in [0.2, 0.25) is 0 Å². The largest absolute Gasteiger partial charge is 0.322 e. The van der Waals surface area contributed by atoms with Crippen LogP contribution in [0.5, 0.6) is 0 Å². The van der Waals surface area contributed by atoms with Crippen molar-refractivity contribution in [3.63, 3.8) is 0 Å². The Morgan fingerprint density at radius 2 is 1.89 bits per heavy atom. The average molecular weight is 430 g/mol. The highest BCUT2D eigenvalue weighted by Gasteiger charge is 2.09. The zero-order valence-corrected chi connectivity index (χ0v) is 14.4. The molecule has 0 radical (unpaired) electrons. The Labute approximate surface area is 134 Å². The summed E-state index contributed by atoms with van der Waals surface area (Å²) in [6.07, 6.45) is 0. The Balaban J connectivity index is 2.25. The first-order valence-corrected chi connectivity index (χ1v) is 7.67. The molecule has 0 aliphatic carbocycles. The Hall–Kier alpha value is -0.880. The second-order valence-electron chi connectivity index (χ2n) is 4.43. The van der Waals surface area contributed by atoms with Crippen LogP contribution in [0.25, 0.3) is 0 Å². The first-order chi connectivity index (χ1) is 8.95. The molecule has 0 unspecified atom stereocenters. The molecule has 19 heavy (non-hydrogen) atoms. The van der Waals surface area contributed by atoms with Gasteiger partial charge in [0.1, 0.15) is 0 Å². The molecule has 0 aromatic heterocycles. The lowest BCUT2D eigenvalue weighted by molar-refractivity contribution is 0.102. The van der Waals surface area contributed by atoms with E-state index in [0.29, 0.717) is 5.56 Å². The fraction of sp³-hybridized carbons (Fsp3) is 0.133. The fourth-order valence-corrected chi connectivity index (χ4v) is 3.08. The minimum absolute atomic E-state index is 0.0892. The molecule has 0 aliphatic heterocycles. The standard InChI is InChI=1S/C15H13BrINO/c1-9-5-11(8-12(16)6-9)15(19)18-14-4-3-13(17)7-10(14)2/h3-8H,1-2H3,(H,18,19). The van der Waals surface area contributed by atoms with E-state index in [-0.39, 0.29) is 5.91 Å². The average Bonchev–Trinajstić information content (AvgIpc) is 2.31. The van der Waals surface area contributed by atoms with Gasteiger partial charge >= 0.3 is 0 Å². The summed E-state index contributed by atoms with van der Waals surface area (Å²) in [5.74, 6) is -0.0892. The third-order valence-corrected chi connectivity index (χ3v) is 3.87. The molecule has 0 atom stereocenters. The van der Waals surface area contributed by atoms with Crippen LogP contribution in [0.4, 0.5) is 5.69 Å². The summed E-state index contributed by atoms with van der Waals surface area (Å²) >= 11 is 5.67. The molecule has 2 rings (SSSR count). The van der Waals surface area contributed by atoms with Crippen LogP contribution in [-0.4, -0.2) is 5.91 Å². The number of carbonyl (C=O) groups excluding carboxylic acids is 1. The van der Waals surface area contributed by atoms with Gasteiger partial charge in [-0.15, -0.1) is 0 Å². The molecule has 0 heterocycles. The zero-order valence-electron chi connectivity index (χ0n) is 10.6. The van der Waals surface area contributed by atoms with E-state index >= 15 is 0 Å². The summed E-state index contributed by atoms with van der Waals surface area (Å²) in [6, 6.07) is 11.6. The van der Waals surface area contributed by atoms with Crippen LogP contribution < -0.4 is 5.32 Å². The van der Waals surface area contributed by atoms with Crippen LogP contribution in [-0.2, 0) is 0 Å². The van der Waals surface area contributed by atoms with Crippen molar-refractivity contribution in [1.82, 2.24) is 0 Å². The van der Waals surface area contributed by atoms with Crippen molar-refractivity contribution in [3.05, 3.63) is 61.1 Å². The maximum absolute atomic E-state index is 12.2. The van der Waals surface area contributed by atoms with Crippen molar-refractivity contribution in [3.8, 4) is 0 Å². The second kappa shape index (κ2) is 6.05. The molecule has 1 amide bonds. The number of hydrogen-bond donors (Lipinski definition) is 1. The van der Waals surface area contributed by atoms with Crippen LogP contribution in [0.1, 0.15) is 21.5 Å². The van der Waals surface area contributed by atoms with E-state index in [1.165, 1.54) is 0 Å². The molecule has 1 N–H and O–H groups in total. The highest BCUT2D eigenvalue weighted by atomic mass is 127. The maximum Gasteiger partial charge on any atom is 0.255 e. The van der Waals surface area contributed by atoms with Gasteiger partial charge in [-0.25, -0.2) is 0 Å². The van der Waals surface area contributed by atoms with Crippen LogP contribution >= 0.6 is 38.5 Å². The second-order valence-corrected chi connectivity index (χ2v) is 6.59. The molecule has 0 bridgehead atoms. The van der Waals surface area contributed by atoms with Gasteiger partial charge in [-0.2, -0.15) is 0 Å². The van der Waals surface area contributed by atoms with Gasteiger partial charge < -0.3 is 5.32 Å². The number of anilines is 1. The molecule has 4 heteroatoms. The van der Waals surface area contributed by atoms with Crippen LogP contribution in [0, 0.1) is 17.4 Å². The monoisotopic (exact) mass is 429 g/mol. The lowest BCUT2D eigenvalue weighted by Gasteiger charge is -2.09. The fourth-order valence-electron chi connectivity index (χ4n) is 1.83. The molecule has 0 saturated heterocycles. The molecule has 0 saturated carbocycles. The van der Waals surface area contributed by atoms with E-state index in [1.54, 1.807) is 0 Å². The van der Waals surface area contributed by atoms with Crippen LogP contribution in [0.3, 0.4) is 0 Å². The number of halogens is 2. The zero-order chi connectivity index (χ0) is 14.0. The molecule has 0 aliphatic rings. The molecule has 2 aromatic carbocycles. The SMILES string of the molecule is Cc1cc(Br)cc(C(=O)Nc2ccc(I)cc2C)c1. The molecule has 2 aromatic rings. The highest BCUT2D eigenvalue weighted by molar-refractivity contribution is 14.1. The Morgan fingerprint density at radius 3 is 2.53 bits per heavy atom. The van der Waals surface area contributed by atoms with E-state index in [1.807, 2.05) is 50.2 Å². The third kappa shape index (κ3) is 3.79. The summed E-state index contributed by atoms with van der Waals surface area (Å²) in [7, 11) is 0.